The largest absolute Gasteiger partial charge is 0.491 e. The van der Waals surface area contributed by atoms with E-state index in [9.17, 15) is 0 Å². The summed E-state index contributed by atoms with van der Waals surface area (Å²) >= 11 is 9.54. The molecule has 0 unspecified atom stereocenters. The van der Waals surface area contributed by atoms with Crippen LogP contribution in [-0.2, 0) is 0 Å². The lowest BCUT2D eigenvalue weighted by Crippen LogP contribution is -2.38. The van der Waals surface area contributed by atoms with Crippen molar-refractivity contribution in [3.05, 3.63) is 21.6 Å². The Morgan fingerprint density at radius 3 is 2.53 bits per heavy atom. The Kier molecular flexibility index (Phi) is 6.43. The molecule has 0 saturated carbocycles. The minimum absolute atomic E-state index is 0.124. The molecule has 0 aliphatic carbocycles. The summed E-state index contributed by atoms with van der Waals surface area (Å²) in [5.41, 5.74) is 1.04. The van der Waals surface area contributed by atoms with Crippen molar-refractivity contribution in [2.45, 2.75) is 33.2 Å². The maximum absolute atomic E-state index is 6.07. The van der Waals surface area contributed by atoms with Crippen molar-refractivity contribution in [2.75, 3.05) is 25.0 Å². The number of hydrogen-bond acceptors (Lipinski definition) is 3. The lowest BCUT2D eigenvalue weighted by atomic mass is 10.1. The highest BCUT2D eigenvalue weighted by Gasteiger charge is 2.11. The first kappa shape index (κ1) is 16.6. The monoisotopic (exact) mass is 348 g/mol. The molecule has 108 valence electrons. The third kappa shape index (κ3) is 6.02. The van der Waals surface area contributed by atoms with Gasteiger partial charge in [-0.05, 0) is 55.8 Å². The highest BCUT2D eigenvalue weighted by molar-refractivity contribution is 9.10. The van der Waals surface area contributed by atoms with Crippen molar-refractivity contribution in [1.82, 2.24) is 5.32 Å². The fraction of sp³-hybridized carbons (Fsp3) is 0.571. The van der Waals surface area contributed by atoms with Gasteiger partial charge in [0.05, 0.1) is 16.8 Å². The Hall–Kier alpha value is -0.450. The molecule has 0 bridgehead atoms. The number of rotatable bonds is 6. The molecule has 1 aromatic rings. The topological polar surface area (TPSA) is 33.3 Å². The highest BCUT2D eigenvalue weighted by atomic mass is 79.9. The summed E-state index contributed by atoms with van der Waals surface area (Å²) in [6.45, 7) is 10.7. The van der Waals surface area contributed by atoms with E-state index in [1.165, 1.54) is 0 Å². The standard InChI is InChI=1S/C14H22BrClN2O/c1-5-19-13-11(15)8-10(16)9-12(13)17-6-7-18-14(2,3)4/h8-9,17-18H,5-7H2,1-4H3. The van der Waals surface area contributed by atoms with E-state index in [0.29, 0.717) is 11.6 Å². The van der Waals surface area contributed by atoms with E-state index in [2.05, 4.69) is 47.3 Å². The summed E-state index contributed by atoms with van der Waals surface area (Å²) < 4.78 is 6.50. The van der Waals surface area contributed by atoms with Gasteiger partial charge in [-0.25, -0.2) is 0 Å². The van der Waals surface area contributed by atoms with Gasteiger partial charge in [0.1, 0.15) is 0 Å². The van der Waals surface area contributed by atoms with Crippen LogP contribution >= 0.6 is 27.5 Å². The van der Waals surface area contributed by atoms with Gasteiger partial charge in [-0.2, -0.15) is 0 Å². The third-order valence-corrected chi connectivity index (χ3v) is 3.20. The first-order chi connectivity index (χ1) is 8.83. The van der Waals surface area contributed by atoms with E-state index in [0.717, 1.165) is 29.0 Å². The smallest absolute Gasteiger partial charge is 0.156 e. The molecule has 1 rings (SSSR count). The molecule has 19 heavy (non-hydrogen) atoms. The van der Waals surface area contributed by atoms with Crippen LogP contribution in [0.1, 0.15) is 27.7 Å². The molecule has 1 aromatic carbocycles. The van der Waals surface area contributed by atoms with Crippen LogP contribution in [0, 0.1) is 0 Å². The van der Waals surface area contributed by atoms with Crippen molar-refractivity contribution in [2.24, 2.45) is 0 Å². The van der Waals surface area contributed by atoms with E-state index < -0.39 is 0 Å². The van der Waals surface area contributed by atoms with Crippen LogP contribution in [-0.4, -0.2) is 25.2 Å². The summed E-state index contributed by atoms with van der Waals surface area (Å²) in [5, 5.41) is 7.46. The summed E-state index contributed by atoms with van der Waals surface area (Å²) in [6, 6.07) is 3.72. The molecule has 0 aromatic heterocycles. The third-order valence-electron chi connectivity index (χ3n) is 2.39. The average molecular weight is 350 g/mol. The SMILES string of the molecule is CCOc1c(Br)cc(Cl)cc1NCCNC(C)(C)C. The summed E-state index contributed by atoms with van der Waals surface area (Å²) in [4.78, 5) is 0. The van der Waals surface area contributed by atoms with Crippen molar-refractivity contribution in [3.63, 3.8) is 0 Å². The Morgan fingerprint density at radius 1 is 1.26 bits per heavy atom. The zero-order valence-electron chi connectivity index (χ0n) is 11.9. The van der Waals surface area contributed by atoms with Gasteiger partial charge in [-0.1, -0.05) is 11.6 Å². The second-order valence-corrected chi connectivity index (χ2v) is 6.59. The molecule has 0 saturated heterocycles. The molecular formula is C14H22BrClN2O. The van der Waals surface area contributed by atoms with E-state index >= 15 is 0 Å². The zero-order valence-corrected chi connectivity index (χ0v) is 14.3. The van der Waals surface area contributed by atoms with Gasteiger partial charge in [-0.15, -0.1) is 0 Å². The number of nitrogens with one attached hydrogen (secondary N) is 2. The van der Waals surface area contributed by atoms with Crippen molar-refractivity contribution in [1.29, 1.82) is 0 Å². The fourth-order valence-corrected chi connectivity index (χ4v) is 2.54. The zero-order chi connectivity index (χ0) is 14.5. The minimum Gasteiger partial charge on any atom is -0.491 e. The van der Waals surface area contributed by atoms with E-state index in [-0.39, 0.29) is 5.54 Å². The molecule has 0 aliphatic heterocycles. The molecular weight excluding hydrogens is 328 g/mol. The Morgan fingerprint density at radius 2 is 1.95 bits per heavy atom. The predicted molar refractivity (Wildman–Crippen MR) is 86.6 cm³/mol. The maximum atomic E-state index is 6.07. The molecule has 0 aliphatic rings. The first-order valence-electron chi connectivity index (χ1n) is 6.44. The molecule has 0 fully saturated rings. The van der Waals surface area contributed by atoms with Gasteiger partial charge >= 0.3 is 0 Å². The van der Waals surface area contributed by atoms with E-state index in [1.807, 2.05) is 19.1 Å². The second kappa shape index (κ2) is 7.36. The van der Waals surface area contributed by atoms with Gasteiger partial charge in [-0.3, -0.25) is 0 Å². The Labute approximate surface area is 129 Å². The van der Waals surface area contributed by atoms with Crippen LogP contribution in [0.5, 0.6) is 5.75 Å². The van der Waals surface area contributed by atoms with Crippen LogP contribution in [0.15, 0.2) is 16.6 Å². The average Bonchev–Trinajstić information content (AvgIpc) is 2.27. The Balaban J connectivity index is 2.66. The van der Waals surface area contributed by atoms with Crippen LogP contribution in [0.25, 0.3) is 0 Å². The van der Waals surface area contributed by atoms with Crippen LogP contribution < -0.4 is 15.4 Å². The first-order valence-corrected chi connectivity index (χ1v) is 7.61. The van der Waals surface area contributed by atoms with Crippen LogP contribution in [0.2, 0.25) is 5.02 Å². The highest BCUT2D eigenvalue weighted by Crippen LogP contribution is 2.36. The molecule has 5 heteroatoms. The van der Waals surface area contributed by atoms with Gasteiger partial charge in [0, 0.05) is 23.7 Å². The molecule has 0 spiro atoms. The lowest BCUT2D eigenvalue weighted by molar-refractivity contribution is 0.339. The van der Waals surface area contributed by atoms with Gasteiger partial charge in [0.2, 0.25) is 0 Å². The van der Waals surface area contributed by atoms with E-state index in [1.54, 1.807) is 0 Å². The maximum Gasteiger partial charge on any atom is 0.156 e. The molecule has 2 N–H and O–H groups in total. The number of anilines is 1. The number of benzene rings is 1. The number of hydrogen-bond donors (Lipinski definition) is 2. The predicted octanol–water partition coefficient (Wildman–Crippen LogP) is 4.30. The number of ether oxygens (including phenoxy) is 1. The van der Waals surface area contributed by atoms with Crippen molar-refractivity contribution < 1.29 is 4.74 Å². The van der Waals surface area contributed by atoms with Crippen molar-refractivity contribution in [3.8, 4) is 5.75 Å². The Bertz CT molecular complexity index is 419. The molecule has 3 nitrogen and oxygen atoms in total. The summed E-state index contributed by atoms with van der Waals surface area (Å²) in [7, 11) is 0. The second-order valence-electron chi connectivity index (χ2n) is 5.30. The fourth-order valence-electron chi connectivity index (χ4n) is 1.62. The van der Waals surface area contributed by atoms with Crippen LogP contribution in [0.3, 0.4) is 0 Å². The minimum atomic E-state index is 0.124. The van der Waals surface area contributed by atoms with Crippen LogP contribution in [0.4, 0.5) is 5.69 Å². The van der Waals surface area contributed by atoms with Gasteiger partial charge in [0.25, 0.3) is 0 Å². The molecule has 0 atom stereocenters. The van der Waals surface area contributed by atoms with Gasteiger partial charge < -0.3 is 15.4 Å². The number of halogens is 2. The molecule has 0 amide bonds. The molecule has 0 radical (unpaired) electrons. The summed E-state index contributed by atoms with van der Waals surface area (Å²) in [6.07, 6.45) is 0. The quantitative estimate of drug-likeness (QED) is 0.751. The normalized spacial score (nSPS) is 11.5. The van der Waals surface area contributed by atoms with E-state index in [4.69, 9.17) is 16.3 Å². The lowest BCUT2D eigenvalue weighted by Gasteiger charge is -2.21. The molecule has 0 heterocycles. The summed E-state index contributed by atoms with van der Waals surface area (Å²) in [5.74, 6) is 0.808. The van der Waals surface area contributed by atoms with Gasteiger partial charge in [0.15, 0.2) is 5.75 Å². The van der Waals surface area contributed by atoms with Crippen molar-refractivity contribution >= 4 is 33.2 Å².